The van der Waals surface area contributed by atoms with E-state index in [1.54, 1.807) is 19.6 Å². The van der Waals surface area contributed by atoms with Crippen LogP contribution in [0.25, 0.3) is 0 Å². The first-order valence-electron chi connectivity index (χ1n) is 7.23. The van der Waals surface area contributed by atoms with Crippen molar-refractivity contribution in [2.75, 3.05) is 13.7 Å². The zero-order valence-corrected chi connectivity index (χ0v) is 15.1. The van der Waals surface area contributed by atoms with E-state index in [1.807, 2.05) is 6.07 Å². The molecule has 5 nitrogen and oxygen atoms in total. The summed E-state index contributed by atoms with van der Waals surface area (Å²) in [6, 6.07) is 2.37. The number of hydrogen-bond acceptors (Lipinski definition) is 3. The second-order valence-electron chi connectivity index (χ2n) is 6.24. The molecule has 1 saturated carbocycles. The van der Waals surface area contributed by atoms with Crippen LogP contribution >= 0.6 is 24.0 Å². The number of nitrogens with zero attached hydrogens (tertiary/aromatic N) is 1. The third-order valence-electron chi connectivity index (χ3n) is 4.66. The van der Waals surface area contributed by atoms with Crippen molar-refractivity contribution in [1.29, 1.82) is 0 Å². The van der Waals surface area contributed by atoms with E-state index in [2.05, 4.69) is 29.5 Å². The molecule has 0 spiro atoms. The molecule has 2 heterocycles. The Labute approximate surface area is 142 Å². The third kappa shape index (κ3) is 3.06. The molecule has 1 saturated heterocycles. The number of halogens is 1. The molecule has 1 aliphatic carbocycles. The van der Waals surface area contributed by atoms with Crippen molar-refractivity contribution in [3.05, 3.63) is 24.2 Å². The van der Waals surface area contributed by atoms with Crippen molar-refractivity contribution in [3.63, 3.8) is 0 Å². The van der Waals surface area contributed by atoms with E-state index in [-0.39, 0.29) is 29.4 Å². The number of furan rings is 1. The van der Waals surface area contributed by atoms with Gasteiger partial charge in [0.05, 0.1) is 18.6 Å². The minimum Gasteiger partial charge on any atom is -0.472 e. The first kappa shape index (κ1) is 16.6. The van der Waals surface area contributed by atoms with Gasteiger partial charge in [0.25, 0.3) is 0 Å². The van der Waals surface area contributed by atoms with Crippen LogP contribution in [0.2, 0.25) is 0 Å². The Morgan fingerprint density at radius 1 is 1.48 bits per heavy atom. The molecule has 3 atom stereocenters. The highest BCUT2D eigenvalue weighted by Gasteiger charge is 2.59. The fourth-order valence-corrected chi connectivity index (χ4v) is 3.54. The molecule has 0 aromatic carbocycles. The van der Waals surface area contributed by atoms with Gasteiger partial charge in [0, 0.05) is 43.1 Å². The van der Waals surface area contributed by atoms with Gasteiger partial charge in [0.15, 0.2) is 5.96 Å². The van der Waals surface area contributed by atoms with E-state index in [1.165, 1.54) is 0 Å². The van der Waals surface area contributed by atoms with Crippen molar-refractivity contribution in [2.45, 2.75) is 39.0 Å². The highest BCUT2D eigenvalue weighted by atomic mass is 127. The summed E-state index contributed by atoms with van der Waals surface area (Å²) >= 11 is 0. The monoisotopic (exact) mass is 405 g/mol. The molecular formula is C15H24IN3O2. The Bertz CT molecular complexity index is 487. The molecule has 3 unspecified atom stereocenters. The highest BCUT2D eigenvalue weighted by Crippen LogP contribution is 2.52. The lowest BCUT2D eigenvalue weighted by Gasteiger charge is -2.54. The summed E-state index contributed by atoms with van der Waals surface area (Å²) in [7, 11) is 1.80. The summed E-state index contributed by atoms with van der Waals surface area (Å²) in [4.78, 5) is 4.31. The molecule has 21 heavy (non-hydrogen) atoms. The van der Waals surface area contributed by atoms with Gasteiger partial charge < -0.3 is 19.8 Å². The first-order chi connectivity index (χ1) is 9.63. The third-order valence-corrected chi connectivity index (χ3v) is 4.66. The van der Waals surface area contributed by atoms with Crippen molar-refractivity contribution < 1.29 is 9.15 Å². The van der Waals surface area contributed by atoms with E-state index in [0.717, 1.165) is 24.6 Å². The van der Waals surface area contributed by atoms with Crippen LogP contribution in [0, 0.1) is 11.3 Å². The largest absolute Gasteiger partial charge is 0.472 e. The summed E-state index contributed by atoms with van der Waals surface area (Å²) in [6.45, 7) is 6.13. The lowest BCUT2D eigenvalue weighted by Crippen LogP contribution is -2.67. The summed E-state index contributed by atoms with van der Waals surface area (Å²) < 4.78 is 10.9. The average molecular weight is 405 g/mol. The van der Waals surface area contributed by atoms with Crippen LogP contribution in [0.1, 0.15) is 25.8 Å². The number of aliphatic imine (C=N–C) groups is 1. The van der Waals surface area contributed by atoms with Crippen LogP contribution in [0.4, 0.5) is 0 Å². The number of guanidine groups is 1. The van der Waals surface area contributed by atoms with Gasteiger partial charge in [0.2, 0.25) is 0 Å². The molecule has 2 fully saturated rings. The van der Waals surface area contributed by atoms with Gasteiger partial charge in [-0.25, -0.2) is 0 Å². The van der Waals surface area contributed by atoms with Crippen LogP contribution in [-0.4, -0.2) is 31.8 Å². The van der Waals surface area contributed by atoms with Gasteiger partial charge >= 0.3 is 0 Å². The van der Waals surface area contributed by atoms with Gasteiger partial charge in [-0.15, -0.1) is 24.0 Å². The standard InChI is InChI=1S/C15H23N3O2.HI/c1-15(2)12(11-5-7-20-13(11)15)18-14(16-3)17-8-10-4-6-19-9-10;/h4,6,9,11-13H,5,7-8H2,1-3H3,(H2,16,17,18);1H. The molecule has 1 aromatic rings. The Hall–Kier alpha value is -0.760. The molecule has 1 aromatic heterocycles. The van der Waals surface area contributed by atoms with Crippen LogP contribution in [0.15, 0.2) is 28.0 Å². The second-order valence-corrected chi connectivity index (χ2v) is 6.24. The molecular weight excluding hydrogens is 381 g/mol. The van der Waals surface area contributed by atoms with Crippen molar-refractivity contribution in [1.82, 2.24) is 10.6 Å². The fourth-order valence-electron chi connectivity index (χ4n) is 3.54. The van der Waals surface area contributed by atoms with E-state index in [9.17, 15) is 0 Å². The van der Waals surface area contributed by atoms with Gasteiger partial charge in [-0.1, -0.05) is 13.8 Å². The number of rotatable bonds is 3. The summed E-state index contributed by atoms with van der Waals surface area (Å²) in [6.07, 6.45) is 4.97. The van der Waals surface area contributed by atoms with Gasteiger partial charge in [0.1, 0.15) is 0 Å². The van der Waals surface area contributed by atoms with Crippen molar-refractivity contribution >= 4 is 29.9 Å². The van der Waals surface area contributed by atoms with E-state index >= 15 is 0 Å². The molecule has 1 aliphatic heterocycles. The highest BCUT2D eigenvalue weighted by molar-refractivity contribution is 14.0. The normalized spacial score (nSPS) is 30.0. The predicted octanol–water partition coefficient (Wildman–Crippen LogP) is 2.38. The Kier molecular flexibility index (Phi) is 5.19. The summed E-state index contributed by atoms with van der Waals surface area (Å²) in [5.74, 6) is 1.45. The zero-order chi connectivity index (χ0) is 14.2. The minimum absolute atomic E-state index is 0. The molecule has 6 heteroatoms. The van der Waals surface area contributed by atoms with Crippen molar-refractivity contribution in [2.24, 2.45) is 16.3 Å². The number of fused-ring (bicyclic) bond motifs is 1. The molecule has 2 N–H and O–H groups in total. The number of hydrogen-bond donors (Lipinski definition) is 2. The van der Waals surface area contributed by atoms with Crippen LogP contribution in [-0.2, 0) is 11.3 Å². The Morgan fingerprint density at radius 3 is 2.95 bits per heavy atom. The molecule has 0 amide bonds. The zero-order valence-electron chi connectivity index (χ0n) is 12.8. The Balaban J connectivity index is 0.00000161. The van der Waals surface area contributed by atoms with Crippen LogP contribution in [0.5, 0.6) is 0 Å². The van der Waals surface area contributed by atoms with Crippen molar-refractivity contribution in [3.8, 4) is 0 Å². The summed E-state index contributed by atoms with van der Waals surface area (Å²) in [5.41, 5.74) is 1.27. The fraction of sp³-hybridized carbons (Fsp3) is 0.667. The molecule has 2 aliphatic rings. The van der Waals surface area contributed by atoms with Gasteiger partial charge in [-0.2, -0.15) is 0 Å². The Morgan fingerprint density at radius 2 is 2.29 bits per heavy atom. The number of nitrogens with one attached hydrogen (secondary N) is 2. The van der Waals surface area contributed by atoms with Gasteiger partial charge in [-0.05, 0) is 12.5 Å². The predicted molar refractivity (Wildman–Crippen MR) is 92.9 cm³/mol. The smallest absolute Gasteiger partial charge is 0.191 e. The first-order valence-corrected chi connectivity index (χ1v) is 7.23. The maximum absolute atomic E-state index is 5.82. The lowest BCUT2D eigenvalue weighted by molar-refractivity contribution is -0.106. The van der Waals surface area contributed by atoms with E-state index in [4.69, 9.17) is 9.15 Å². The van der Waals surface area contributed by atoms with E-state index < -0.39 is 0 Å². The van der Waals surface area contributed by atoms with Gasteiger partial charge in [-0.3, -0.25) is 4.99 Å². The SMILES string of the molecule is CN=C(NCc1ccoc1)NC1C2CCOC2C1(C)C.I. The van der Waals surface area contributed by atoms with E-state index in [0.29, 0.717) is 24.6 Å². The minimum atomic E-state index is 0. The summed E-state index contributed by atoms with van der Waals surface area (Å²) in [5, 5.41) is 6.88. The molecule has 0 bridgehead atoms. The molecule has 0 radical (unpaired) electrons. The average Bonchev–Trinajstić information content (AvgIpc) is 3.08. The number of ether oxygens (including phenoxy) is 1. The van der Waals surface area contributed by atoms with Crippen LogP contribution < -0.4 is 10.6 Å². The maximum atomic E-state index is 5.82. The molecule has 3 rings (SSSR count). The molecule has 118 valence electrons. The topological polar surface area (TPSA) is 58.8 Å². The second kappa shape index (κ2) is 6.56. The lowest BCUT2D eigenvalue weighted by atomic mass is 9.57. The van der Waals surface area contributed by atoms with Crippen LogP contribution in [0.3, 0.4) is 0 Å². The maximum Gasteiger partial charge on any atom is 0.191 e. The quantitative estimate of drug-likeness (QED) is 0.461.